The lowest BCUT2D eigenvalue weighted by atomic mass is 9.80. The predicted octanol–water partition coefficient (Wildman–Crippen LogP) is 5.62. The van der Waals surface area contributed by atoms with Crippen LogP contribution >= 0.6 is 8.53 Å². The Hall–Kier alpha value is -6.28. The van der Waals surface area contributed by atoms with Gasteiger partial charge in [0, 0.05) is 55.4 Å². The van der Waals surface area contributed by atoms with E-state index in [0.29, 0.717) is 28.2 Å². The summed E-state index contributed by atoms with van der Waals surface area (Å²) in [5.41, 5.74) is -2.05. The maximum absolute atomic E-state index is 14.9. The molecule has 2 aliphatic rings. The molecule has 3 aromatic carbocycles. The number of ether oxygens (including phenoxy) is 6. The summed E-state index contributed by atoms with van der Waals surface area (Å²) in [7, 11) is -3.00. The minimum atomic E-state index is -4.24. The van der Waals surface area contributed by atoms with Gasteiger partial charge in [-0.05, 0) is 82.0 Å². The molecule has 2 fully saturated rings. The third-order valence-corrected chi connectivity index (χ3v) is 17.1. The Morgan fingerprint density at radius 2 is 1.46 bits per heavy atom. The van der Waals surface area contributed by atoms with Crippen molar-refractivity contribution in [3.63, 3.8) is 0 Å². The standard InChI is InChI=1S/C53H65N6O15PS/c1-33(2)59(34(3)4)75(70-27-12-25-54)74-44-29-47(58-30-35(5)49(62)56-52(58)64)72-43(44)24-28-76(65,66)32-42-45(73-50(48(42)71-36(6)60)57-26-23-46(61)55-51(57)63)31-69-53(37-13-10-9-11-14-37,38-15-19-40(67-7)20-16-38)39-17-21-41(68-8)22-18-39/h9-11,13-23,26,30,33-34,42-45,47-48,50H,12,24,27-29,31-32H2,1-8H3,(H,55,61,63)(H,56,62,64)/t42-,43-,44+,45-,47-,48-,50-,75?/m1/s1. The van der Waals surface area contributed by atoms with Crippen LogP contribution in [0.1, 0.15) is 88.6 Å². The first-order valence-electron chi connectivity index (χ1n) is 24.8. The summed E-state index contributed by atoms with van der Waals surface area (Å²) in [6.45, 7) is 10.3. The number of carbonyl (C=O) groups is 1. The Bertz CT molecular complexity index is 3100. The van der Waals surface area contributed by atoms with E-state index in [4.69, 9.17) is 37.5 Å². The number of rotatable bonds is 24. The molecule has 408 valence electrons. The van der Waals surface area contributed by atoms with Gasteiger partial charge in [-0.3, -0.25) is 33.5 Å². The van der Waals surface area contributed by atoms with Gasteiger partial charge in [0.2, 0.25) is 0 Å². The fraction of sp³-hybridized carbons (Fsp3) is 0.472. The number of hydrogen-bond donors (Lipinski definition) is 2. The van der Waals surface area contributed by atoms with E-state index in [2.05, 4.69) is 16.0 Å². The molecule has 21 nitrogen and oxygen atoms in total. The topological polar surface area (TPSA) is 262 Å². The maximum atomic E-state index is 14.9. The molecule has 7 rings (SSSR count). The summed E-state index contributed by atoms with van der Waals surface area (Å²) in [5.74, 6) is -2.00. The van der Waals surface area contributed by atoms with Crippen LogP contribution in [0, 0.1) is 24.2 Å². The number of aromatic amines is 2. The van der Waals surface area contributed by atoms with E-state index in [0.717, 1.165) is 17.6 Å². The van der Waals surface area contributed by atoms with E-state index in [-0.39, 0.29) is 50.1 Å². The van der Waals surface area contributed by atoms with Crippen molar-refractivity contribution in [1.82, 2.24) is 23.8 Å². The quantitative estimate of drug-likeness (QED) is 0.0329. The zero-order valence-electron chi connectivity index (χ0n) is 43.7. The highest BCUT2D eigenvalue weighted by atomic mass is 32.2. The molecule has 0 bridgehead atoms. The number of aromatic nitrogens is 4. The molecule has 0 aliphatic carbocycles. The number of nitrogens with one attached hydrogen (secondary N) is 2. The molecule has 2 saturated heterocycles. The van der Waals surface area contributed by atoms with Gasteiger partial charge in [-0.2, -0.15) is 5.26 Å². The van der Waals surface area contributed by atoms with Crippen LogP contribution in [0.15, 0.2) is 117 Å². The van der Waals surface area contributed by atoms with E-state index in [1.54, 1.807) is 45.4 Å². The summed E-state index contributed by atoms with van der Waals surface area (Å²) < 4.78 is 84.4. The van der Waals surface area contributed by atoms with Crippen molar-refractivity contribution >= 4 is 24.3 Å². The minimum Gasteiger partial charge on any atom is -0.497 e. The van der Waals surface area contributed by atoms with Crippen molar-refractivity contribution in [3.8, 4) is 17.6 Å². The van der Waals surface area contributed by atoms with E-state index in [1.165, 1.54) is 17.0 Å². The fourth-order valence-electron chi connectivity index (χ4n) is 9.74. The van der Waals surface area contributed by atoms with Gasteiger partial charge in [-0.25, -0.2) is 22.7 Å². The van der Waals surface area contributed by atoms with Gasteiger partial charge in [0.1, 0.15) is 23.3 Å². The molecule has 76 heavy (non-hydrogen) atoms. The normalized spacial score (nSPS) is 21.2. The van der Waals surface area contributed by atoms with Crippen LogP contribution in [0.3, 0.4) is 0 Å². The molecule has 0 saturated carbocycles. The van der Waals surface area contributed by atoms with Crippen LogP contribution in [0.5, 0.6) is 11.5 Å². The highest BCUT2D eigenvalue weighted by Gasteiger charge is 2.52. The third-order valence-electron chi connectivity index (χ3n) is 13.2. The zero-order chi connectivity index (χ0) is 54.9. The molecule has 0 spiro atoms. The molecular formula is C53H65N6O15PS. The minimum absolute atomic E-state index is 0.0590. The summed E-state index contributed by atoms with van der Waals surface area (Å²) in [5, 5.41) is 9.36. The van der Waals surface area contributed by atoms with Gasteiger partial charge in [0.25, 0.3) is 19.6 Å². The van der Waals surface area contributed by atoms with E-state index >= 15 is 0 Å². The van der Waals surface area contributed by atoms with Crippen molar-refractivity contribution in [1.29, 1.82) is 5.26 Å². The number of methoxy groups -OCH3 is 2. The molecule has 0 amide bonds. The van der Waals surface area contributed by atoms with E-state index in [9.17, 15) is 37.7 Å². The van der Waals surface area contributed by atoms with Gasteiger partial charge >= 0.3 is 17.3 Å². The maximum Gasteiger partial charge on any atom is 0.330 e. The van der Waals surface area contributed by atoms with E-state index in [1.807, 2.05) is 87.0 Å². The van der Waals surface area contributed by atoms with Gasteiger partial charge in [0.15, 0.2) is 22.2 Å². The first-order valence-corrected chi connectivity index (χ1v) is 27.8. The molecule has 23 heteroatoms. The van der Waals surface area contributed by atoms with Crippen molar-refractivity contribution in [2.24, 2.45) is 5.92 Å². The van der Waals surface area contributed by atoms with E-state index < -0.39 is 107 Å². The summed E-state index contributed by atoms with van der Waals surface area (Å²) >= 11 is 0. The number of aryl methyl sites for hydroxylation is 1. The zero-order valence-corrected chi connectivity index (χ0v) is 45.4. The second kappa shape index (κ2) is 25.2. The second-order valence-corrected chi connectivity index (χ2v) is 22.7. The number of benzene rings is 3. The number of H-pyrrole nitrogens is 2. The summed E-state index contributed by atoms with van der Waals surface area (Å²) in [6.07, 6.45) is -4.30. The average Bonchev–Trinajstić information content (AvgIpc) is 3.95. The van der Waals surface area contributed by atoms with Gasteiger partial charge in [-0.1, -0.05) is 54.6 Å². The third kappa shape index (κ3) is 13.3. The lowest BCUT2D eigenvalue weighted by Crippen LogP contribution is -2.41. The van der Waals surface area contributed by atoms with Crippen LogP contribution in [0.2, 0.25) is 0 Å². The summed E-state index contributed by atoms with van der Waals surface area (Å²) in [4.78, 5) is 69.0. The van der Waals surface area contributed by atoms with Crippen molar-refractivity contribution < 1.29 is 50.7 Å². The second-order valence-electron chi connectivity index (χ2n) is 19.1. The summed E-state index contributed by atoms with van der Waals surface area (Å²) in [6, 6.07) is 26.9. The molecular weight excluding hydrogens is 1020 g/mol. The molecule has 2 N–H and O–H groups in total. The van der Waals surface area contributed by atoms with Crippen LogP contribution in [0.25, 0.3) is 0 Å². The van der Waals surface area contributed by atoms with Crippen molar-refractivity contribution in [2.75, 3.05) is 38.9 Å². The smallest absolute Gasteiger partial charge is 0.330 e. The molecule has 4 heterocycles. The van der Waals surface area contributed by atoms with Gasteiger partial charge < -0.3 is 37.5 Å². The predicted molar refractivity (Wildman–Crippen MR) is 280 cm³/mol. The molecule has 0 radical (unpaired) electrons. The van der Waals surface area contributed by atoms with Gasteiger partial charge in [0.05, 0.1) is 69.7 Å². The van der Waals surface area contributed by atoms with Crippen LogP contribution in [-0.2, 0) is 48.2 Å². The van der Waals surface area contributed by atoms with Crippen molar-refractivity contribution in [2.45, 2.75) is 115 Å². The molecule has 8 atom stereocenters. The molecule has 2 aliphatic heterocycles. The average molecular weight is 1090 g/mol. The number of nitrogens with zero attached hydrogens (tertiary/aromatic N) is 4. The Morgan fingerprint density at radius 1 is 0.855 bits per heavy atom. The highest BCUT2D eigenvalue weighted by molar-refractivity contribution is 7.91. The Labute approximate surface area is 441 Å². The highest BCUT2D eigenvalue weighted by Crippen LogP contribution is 2.51. The van der Waals surface area contributed by atoms with Crippen molar-refractivity contribution in [3.05, 3.63) is 161 Å². The first-order chi connectivity index (χ1) is 36.3. The monoisotopic (exact) mass is 1090 g/mol. The number of sulfone groups is 1. The first kappa shape index (κ1) is 57.4. The SMILES string of the molecule is COc1ccc(C(OC[C@H]2O[C@@H](n3ccc(=O)[nH]c3=O)[C@H](OC(C)=O)[C@@H]2CS(=O)(=O)CC[C@H]2O[C@@H](n3cc(C)c(=O)[nH]c3=O)C[C@@H]2OP(OCCC#N)N(C(C)C)C(C)C)(c2ccccc2)c2ccc(OC)cc2)cc1. The Balaban J connectivity index is 1.27. The van der Waals surface area contributed by atoms with Crippen LogP contribution < -0.4 is 32.0 Å². The largest absolute Gasteiger partial charge is 0.497 e. The lowest BCUT2D eigenvalue weighted by Gasteiger charge is -2.37. The number of hydrogen-bond acceptors (Lipinski definition) is 17. The molecule has 2 aromatic heterocycles. The number of carbonyl (C=O) groups excluding carboxylic acids is 1. The fourth-order valence-corrected chi connectivity index (χ4v) is 13.2. The number of esters is 1. The van der Waals surface area contributed by atoms with Crippen LogP contribution in [-0.4, -0.2) is 114 Å². The molecule has 5 aromatic rings. The molecule has 1 unspecified atom stereocenters. The Morgan fingerprint density at radius 3 is 2.03 bits per heavy atom. The lowest BCUT2D eigenvalue weighted by molar-refractivity contribution is -0.154. The van der Waals surface area contributed by atoms with Crippen LogP contribution in [0.4, 0.5) is 0 Å². The van der Waals surface area contributed by atoms with Gasteiger partial charge in [-0.15, -0.1) is 0 Å². The Kier molecular flexibility index (Phi) is 19.1. The number of nitriles is 1.